The first-order valence-electron chi connectivity index (χ1n) is 11.8. The number of carbonyl (C=O) groups is 2. The van der Waals surface area contributed by atoms with Gasteiger partial charge in [0.25, 0.3) is 5.91 Å². The molecule has 2 aromatic carbocycles. The summed E-state index contributed by atoms with van der Waals surface area (Å²) in [5.74, 6) is -0.166. The molecule has 1 spiro atoms. The number of aromatic nitrogens is 2. The molecule has 4 aromatic rings. The van der Waals surface area contributed by atoms with Gasteiger partial charge in [0.2, 0.25) is 5.78 Å². The molecule has 0 saturated carbocycles. The number of likely N-dealkylation sites (tertiary alicyclic amines) is 1. The lowest BCUT2D eigenvalue weighted by Crippen LogP contribution is -2.45. The number of nitrogens with zero attached hydrogens (tertiary/aromatic N) is 3. The molecule has 6 nitrogen and oxygen atoms in total. The van der Waals surface area contributed by atoms with E-state index >= 15 is 0 Å². The normalized spacial score (nSPS) is 16.5. The minimum atomic E-state index is -0.302. The standard InChI is InChI=1S/C28H24ClN3O3/c29-20-8-9-21-22(16-32(25(21)15-20)17-26(33)24-7-3-4-12-30-24)27(34)31-13-10-28(11-14-31)23-6-2-1-5-19(23)18-35-28/h1-9,12,15-16H,10-11,13-14,17-18H2. The molecule has 0 atom stereocenters. The van der Waals surface area contributed by atoms with E-state index in [0.717, 1.165) is 23.7 Å². The molecule has 1 saturated heterocycles. The predicted molar refractivity (Wildman–Crippen MR) is 134 cm³/mol. The fourth-order valence-electron chi connectivity index (χ4n) is 5.37. The Balaban J connectivity index is 1.27. The molecular weight excluding hydrogens is 462 g/mol. The van der Waals surface area contributed by atoms with Crippen LogP contribution in [0.3, 0.4) is 0 Å². The highest BCUT2D eigenvalue weighted by molar-refractivity contribution is 6.31. The van der Waals surface area contributed by atoms with Crippen molar-refractivity contribution in [2.24, 2.45) is 0 Å². The van der Waals surface area contributed by atoms with Crippen molar-refractivity contribution in [1.82, 2.24) is 14.5 Å². The molecule has 0 aliphatic carbocycles. The zero-order valence-electron chi connectivity index (χ0n) is 19.1. The number of rotatable bonds is 4. The SMILES string of the molecule is O=C(Cn1cc(C(=O)N2CCC3(CC2)OCc2ccccc23)c2ccc(Cl)cc21)c1ccccn1. The first-order chi connectivity index (χ1) is 17.0. The molecule has 7 heteroatoms. The van der Waals surface area contributed by atoms with Crippen molar-refractivity contribution >= 4 is 34.2 Å². The van der Waals surface area contributed by atoms with Crippen molar-refractivity contribution in [1.29, 1.82) is 0 Å². The summed E-state index contributed by atoms with van der Waals surface area (Å²) < 4.78 is 8.06. The summed E-state index contributed by atoms with van der Waals surface area (Å²) in [5, 5.41) is 1.34. The molecule has 0 bridgehead atoms. The number of pyridine rings is 1. The number of hydrogen-bond acceptors (Lipinski definition) is 4. The molecular formula is C28H24ClN3O3. The van der Waals surface area contributed by atoms with Gasteiger partial charge in [-0.1, -0.05) is 48.0 Å². The van der Waals surface area contributed by atoms with Gasteiger partial charge < -0.3 is 14.2 Å². The highest BCUT2D eigenvalue weighted by atomic mass is 35.5. The summed E-state index contributed by atoms with van der Waals surface area (Å²) in [7, 11) is 0. The number of Topliss-reactive ketones (excluding diaryl/α,β-unsaturated/α-hetero) is 1. The lowest BCUT2D eigenvalue weighted by molar-refractivity contribution is -0.0741. The highest BCUT2D eigenvalue weighted by Crippen LogP contribution is 2.44. The second-order valence-electron chi connectivity index (χ2n) is 9.20. The van der Waals surface area contributed by atoms with Crippen molar-refractivity contribution in [2.45, 2.75) is 31.6 Å². The average molecular weight is 486 g/mol. The summed E-state index contributed by atoms with van der Waals surface area (Å²) in [4.78, 5) is 32.6. The van der Waals surface area contributed by atoms with E-state index in [-0.39, 0.29) is 23.8 Å². The van der Waals surface area contributed by atoms with Gasteiger partial charge in [-0.2, -0.15) is 0 Å². The van der Waals surface area contributed by atoms with Gasteiger partial charge in [0.05, 0.1) is 29.8 Å². The summed E-state index contributed by atoms with van der Waals surface area (Å²) in [6, 6.07) is 19.1. The number of hydrogen-bond donors (Lipinski definition) is 0. The van der Waals surface area contributed by atoms with E-state index in [4.69, 9.17) is 16.3 Å². The van der Waals surface area contributed by atoms with Crippen LogP contribution in [0.15, 0.2) is 73.1 Å². The number of amides is 1. The Morgan fingerprint density at radius 2 is 1.83 bits per heavy atom. The van der Waals surface area contributed by atoms with Crippen LogP contribution in [-0.4, -0.2) is 39.2 Å². The minimum Gasteiger partial charge on any atom is -0.365 e. The topological polar surface area (TPSA) is 64.4 Å². The van der Waals surface area contributed by atoms with Crippen LogP contribution in [0.25, 0.3) is 10.9 Å². The summed E-state index contributed by atoms with van der Waals surface area (Å²) in [6.07, 6.45) is 4.90. The average Bonchev–Trinajstić information content (AvgIpc) is 3.43. The Morgan fingerprint density at radius 3 is 2.63 bits per heavy atom. The molecule has 2 aromatic heterocycles. The number of fused-ring (bicyclic) bond motifs is 3. The molecule has 4 heterocycles. The lowest BCUT2D eigenvalue weighted by atomic mass is 9.83. The summed E-state index contributed by atoms with van der Waals surface area (Å²) in [6.45, 7) is 1.93. The summed E-state index contributed by atoms with van der Waals surface area (Å²) in [5.41, 5.74) is 3.92. The van der Waals surface area contributed by atoms with Gasteiger partial charge in [-0.15, -0.1) is 0 Å². The highest BCUT2D eigenvalue weighted by Gasteiger charge is 2.43. The van der Waals surface area contributed by atoms with Crippen molar-refractivity contribution < 1.29 is 14.3 Å². The number of benzene rings is 2. The zero-order chi connectivity index (χ0) is 24.0. The van der Waals surface area contributed by atoms with Crippen LogP contribution in [0.2, 0.25) is 5.02 Å². The zero-order valence-corrected chi connectivity index (χ0v) is 19.9. The van der Waals surface area contributed by atoms with Gasteiger partial charge in [0.1, 0.15) is 5.69 Å². The van der Waals surface area contributed by atoms with Gasteiger partial charge >= 0.3 is 0 Å². The Hall–Kier alpha value is -3.48. The smallest absolute Gasteiger partial charge is 0.256 e. The molecule has 0 unspecified atom stereocenters. The van der Waals surface area contributed by atoms with E-state index in [1.807, 2.05) is 17.0 Å². The molecule has 6 rings (SSSR count). The Labute approximate surface area is 208 Å². The van der Waals surface area contributed by atoms with Crippen molar-refractivity contribution in [3.63, 3.8) is 0 Å². The van der Waals surface area contributed by atoms with Gasteiger partial charge in [0.15, 0.2) is 0 Å². The van der Waals surface area contributed by atoms with E-state index in [1.165, 1.54) is 11.1 Å². The van der Waals surface area contributed by atoms with E-state index in [0.29, 0.717) is 36.0 Å². The maximum atomic E-state index is 13.7. The number of halogens is 1. The van der Waals surface area contributed by atoms with Gasteiger partial charge in [0, 0.05) is 35.9 Å². The molecule has 2 aliphatic heterocycles. The van der Waals surface area contributed by atoms with Crippen LogP contribution in [-0.2, 0) is 23.5 Å². The Bertz CT molecular complexity index is 1440. The van der Waals surface area contributed by atoms with E-state index in [1.54, 1.807) is 47.3 Å². The van der Waals surface area contributed by atoms with Crippen LogP contribution in [0.4, 0.5) is 0 Å². The molecule has 1 amide bonds. The van der Waals surface area contributed by atoms with E-state index < -0.39 is 0 Å². The first-order valence-corrected chi connectivity index (χ1v) is 12.2. The fourth-order valence-corrected chi connectivity index (χ4v) is 5.54. The molecule has 2 aliphatic rings. The van der Waals surface area contributed by atoms with Crippen molar-refractivity contribution in [3.8, 4) is 0 Å². The van der Waals surface area contributed by atoms with E-state index in [9.17, 15) is 9.59 Å². The van der Waals surface area contributed by atoms with Crippen LogP contribution in [0.5, 0.6) is 0 Å². The monoisotopic (exact) mass is 485 g/mol. The Kier molecular flexibility index (Phi) is 5.43. The number of ketones is 1. The van der Waals surface area contributed by atoms with Crippen LogP contribution in [0.1, 0.15) is 44.8 Å². The van der Waals surface area contributed by atoms with Crippen LogP contribution >= 0.6 is 11.6 Å². The molecule has 35 heavy (non-hydrogen) atoms. The van der Waals surface area contributed by atoms with Gasteiger partial charge in [-0.05, 0) is 48.2 Å². The number of piperidine rings is 1. The number of carbonyl (C=O) groups excluding carboxylic acids is 2. The van der Waals surface area contributed by atoms with Gasteiger partial charge in [-0.3, -0.25) is 14.6 Å². The molecule has 176 valence electrons. The third kappa shape index (κ3) is 3.83. The quantitative estimate of drug-likeness (QED) is 0.371. The van der Waals surface area contributed by atoms with E-state index in [2.05, 4.69) is 23.2 Å². The molecule has 0 radical (unpaired) electrons. The summed E-state index contributed by atoms with van der Waals surface area (Å²) >= 11 is 6.27. The number of ether oxygens (including phenoxy) is 1. The van der Waals surface area contributed by atoms with Crippen molar-refractivity contribution in [3.05, 3.63) is 100 Å². The Morgan fingerprint density at radius 1 is 1.03 bits per heavy atom. The molecule has 1 fully saturated rings. The fraction of sp³-hybridized carbons (Fsp3) is 0.250. The third-order valence-corrected chi connectivity index (χ3v) is 7.44. The minimum absolute atomic E-state index is 0.0394. The van der Waals surface area contributed by atoms with Crippen LogP contribution in [0, 0.1) is 0 Å². The van der Waals surface area contributed by atoms with Crippen LogP contribution < -0.4 is 0 Å². The van der Waals surface area contributed by atoms with Gasteiger partial charge in [-0.25, -0.2) is 0 Å². The second-order valence-corrected chi connectivity index (χ2v) is 9.64. The largest absolute Gasteiger partial charge is 0.365 e. The third-order valence-electron chi connectivity index (χ3n) is 7.21. The maximum absolute atomic E-state index is 13.7. The second kappa shape index (κ2) is 8.63. The lowest BCUT2D eigenvalue weighted by Gasteiger charge is -2.39. The first kappa shape index (κ1) is 22.0. The maximum Gasteiger partial charge on any atom is 0.256 e. The van der Waals surface area contributed by atoms with Crippen molar-refractivity contribution in [2.75, 3.05) is 13.1 Å². The predicted octanol–water partition coefficient (Wildman–Crippen LogP) is 5.23. The molecule has 0 N–H and O–H groups in total.